The Balaban J connectivity index is 1.86. The molecule has 0 unspecified atom stereocenters. The predicted molar refractivity (Wildman–Crippen MR) is 95.4 cm³/mol. The van der Waals surface area contributed by atoms with Crippen molar-refractivity contribution in [2.75, 3.05) is 23.8 Å². The Bertz CT molecular complexity index is 1020. The number of hydrogen-bond acceptors (Lipinski definition) is 7. The molecule has 0 spiro atoms. The van der Waals surface area contributed by atoms with E-state index in [0.29, 0.717) is 28.0 Å². The summed E-state index contributed by atoms with van der Waals surface area (Å²) in [7, 11) is 0. The van der Waals surface area contributed by atoms with Gasteiger partial charge in [-0.25, -0.2) is 15.0 Å². The van der Waals surface area contributed by atoms with Gasteiger partial charge in [-0.05, 0) is 12.1 Å². The summed E-state index contributed by atoms with van der Waals surface area (Å²) >= 11 is 0. The molecule has 0 saturated carbocycles. The minimum Gasteiger partial charge on any atom is -0.394 e. The Morgan fingerprint density at radius 3 is 2.71 bits per heavy atom. The van der Waals surface area contributed by atoms with Gasteiger partial charge in [-0.2, -0.15) is 13.2 Å². The summed E-state index contributed by atoms with van der Waals surface area (Å²) in [5.74, 6) is 0.0538. The van der Waals surface area contributed by atoms with Gasteiger partial charge in [-0.15, -0.1) is 0 Å². The molecule has 2 atom stereocenters. The number of aliphatic hydroxyl groups excluding tert-OH is 1. The lowest BCUT2D eigenvalue weighted by Crippen LogP contribution is -2.47. The molecule has 3 aromatic heterocycles. The molecule has 4 heterocycles. The predicted octanol–water partition coefficient (Wildman–Crippen LogP) is 1.47. The molecule has 1 aliphatic heterocycles. The lowest BCUT2D eigenvalue weighted by molar-refractivity contribution is -0.251. The van der Waals surface area contributed by atoms with Crippen LogP contribution in [-0.2, 0) is 0 Å². The standard InChI is InChI=1S/C17H17F3N6O2/c18-17(19,20)16(28)5-9(7-27)26(8-16)12-2-4-22-14-13(12)10(6-24-14)11-1-3-23-15(21)25-11/h1-4,6,9,27-28H,5,7-8H2,(H,22,24)(H2,21,23,25)/t9-,16-/m0/s1. The number of rotatable bonds is 3. The monoisotopic (exact) mass is 394 g/mol. The molecule has 0 aliphatic carbocycles. The third-order valence-corrected chi connectivity index (χ3v) is 5.00. The Morgan fingerprint density at radius 2 is 2.04 bits per heavy atom. The maximum atomic E-state index is 13.4. The minimum absolute atomic E-state index is 0.0538. The van der Waals surface area contributed by atoms with Crippen molar-refractivity contribution in [3.05, 3.63) is 30.7 Å². The molecule has 0 radical (unpaired) electrons. The van der Waals surface area contributed by atoms with E-state index in [-0.39, 0.29) is 5.95 Å². The molecule has 3 aromatic rings. The molecule has 1 fully saturated rings. The molecule has 4 rings (SSSR count). The van der Waals surface area contributed by atoms with Gasteiger partial charge in [0.2, 0.25) is 5.95 Å². The van der Waals surface area contributed by atoms with Gasteiger partial charge in [0.05, 0.1) is 36.0 Å². The summed E-state index contributed by atoms with van der Waals surface area (Å²) in [5.41, 5.74) is 4.62. The fraction of sp³-hybridized carbons (Fsp3) is 0.353. The number of nitrogens with one attached hydrogen (secondary N) is 1. The number of anilines is 2. The quantitative estimate of drug-likeness (QED) is 0.530. The number of aliphatic hydroxyl groups is 2. The molecule has 148 valence electrons. The number of H-pyrrole nitrogens is 1. The van der Waals surface area contributed by atoms with Crippen LogP contribution in [0.25, 0.3) is 22.3 Å². The summed E-state index contributed by atoms with van der Waals surface area (Å²) in [6, 6.07) is 2.26. The second-order valence-corrected chi connectivity index (χ2v) is 6.75. The fourth-order valence-electron chi connectivity index (χ4n) is 3.63. The van der Waals surface area contributed by atoms with Gasteiger partial charge >= 0.3 is 6.18 Å². The largest absolute Gasteiger partial charge is 0.419 e. The third-order valence-electron chi connectivity index (χ3n) is 5.00. The van der Waals surface area contributed by atoms with Crippen LogP contribution in [-0.4, -0.2) is 61.1 Å². The third kappa shape index (κ3) is 2.83. The van der Waals surface area contributed by atoms with Crippen LogP contribution in [0.15, 0.2) is 30.7 Å². The van der Waals surface area contributed by atoms with Gasteiger partial charge in [-0.1, -0.05) is 0 Å². The molecule has 0 amide bonds. The van der Waals surface area contributed by atoms with E-state index < -0.39 is 37.4 Å². The van der Waals surface area contributed by atoms with Gasteiger partial charge in [0.15, 0.2) is 5.60 Å². The Kier molecular flexibility index (Phi) is 4.16. The van der Waals surface area contributed by atoms with Gasteiger partial charge in [0.1, 0.15) is 5.65 Å². The highest BCUT2D eigenvalue weighted by atomic mass is 19.4. The zero-order valence-electron chi connectivity index (χ0n) is 14.5. The van der Waals surface area contributed by atoms with E-state index in [9.17, 15) is 23.4 Å². The first-order valence-electron chi connectivity index (χ1n) is 8.45. The Labute approximate surface area is 156 Å². The average molecular weight is 394 g/mol. The molecular weight excluding hydrogens is 377 g/mol. The van der Waals surface area contributed by atoms with Gasteiger partial charge in [0, 0.05) is 30.6 Å². The van der Waals surface area contributed by atoms with Crippen molar-refractivity contribution in [1.29, 1.82) is 0 Å². The number of hydrogen-bond donors (Lipinski definition) is 4. The SMILES string of the molecule is Nc1nccc(-c2c[nH]c3nccc(N4C[C@](O)(C(F)(F)F)C[C@H]4CO)c23)n1. The highest BCUT2D eigenvalue weighted by molar-refractivity contribution is 6.02. The van der Waals surface area contributed by atoms with Crippen LogP contribution in [0.5, 0.6) is 0 Å². The number of nitrogens with zero attached hydrogens (tertiary/aromatic N) is 4. The first-order chi connectivity index (χ1) is 13.2. The summed E-state index contributed by atoms with van der Waals surface area (Å²) in [6.45, 7) is -1.24. The molecule has 1 saturated heterocycles. The molecule has 0 bridgehead atoms. The second-order valence-electron chi connectivity index (χ2n) is 6.75. The van der Waals surface area contributed by atoms with E-state index in [0.717, 1.165) is 0 Å². The highest BCUT2D eigenvalue weighted by Crippen LogP contribution is 2.44. The number of alkyl halides is 3. The van der Waals surface area contributed by atoms with Gasteiger partial charge in [0.25, 0.3) is 0 Å². The molecule has 28 heavy (non-hydrogen) atoms. The maximum absolute atomic E-state index is 13.4. The van der Waals surface area contributed by atoms with Crippen LogP contribution in [0.3, 0.4) is 0 Å². The van der Waals surface area contributed by atoms with Crippen molar-refractivity contribution in [2.45, 2.75) is 24.2 Å². The van der Waals surface area contributed by atoms with Crippen LogP contribution in [0, 0.1) is 0 Å². The number of pyridine rings is 1. The van der Waals surface area contributed by atoms with Crippen LogP contribution >= 0.6 is 0 Å². The van der Waals surface area contributed by atoms with E-state index in [2.05, 4.69) is 19.9 Å². The number of β-amino-alcohol motifs (C(OH)–C–C–N with tert-alkyl or cyclic N) is 1. The molecule has 0 aromatic carbocycles. The Hall–Kier alpha value is -2.92. The second kappa shape index (κ2) is 6.31. The maximum Gasteiger partial charge on any atom is 0.419 e. The zero-order chi connectivity index (χ0) is 20.1. The number of aromatic nitrogens is 4. The van der Waals surface area contributed by atoms with Crippen LogP contribution in [0.2, 0.25) is 0 Å². The van der Waals surface area contributed by atoms with Crippen molar-refractivity contribution in [2.24, 2.45) is 0 Å². The number of nitrogen functional groups attached to an aromatic ring is 1. The van der Waals surface area contributed by atoms with E-state index >= 15 is 0 Å². The Morgan fingerprint density at radius 1 is 1.29 bits per heavy atom. The molecule has 1 aliphatic rings. The van der Waals surface area contributed by atoms with Crippen LogP contribution < -0.4 is 10.6 Å². The van der Waals surface area contributed by atoms with Crippen molar-refractivity contribution in [3.8, 4) is 11.3 Å². The smallest absolute Gasteiger partial charge is 0.394 e. The summed E-state index contributed by atoms with van der Waals surface area (Å²) in [5, 5.41) is 20.3. The normalized spacial score (nSPS) is 22.9. The van der Waals surface area contributed by atoms with Crippen molar-refractivity contribution in [3.63, 3.8) is 0 Å². The first kappa shape index (κ1) is 18.4. The fourth-order valence-corrected chi connectivity index (χ4v) is 3.63. The van der Waals surface area contributed by atoms with Crippen molar-refractivity contribution < 1.29 is 23.4 Å². The minimum atomic E-state index is -4.82. The highest BCUT2D eigenvalue weighted by Gasteiger charge is 2.60. The van der Waals surface area contributed by atoms with E-state index in [4.69, 9.17) is 5.73 Å². The van der Waals surface area contributed by atoms with Gasteiger partial charge < -0.3 is 25.8 Å². The number of aromatic amines is 1. The topological polar surface area (TPSA) is 124 Å². The van der Waals surface area contributed by atoms with Crippen LogP contribution in [0.4, 0.5) is 24.8 Å². The number of halogens is 3. The lowest BCUT2D eigenvalue weighted by atomic mass is 10.0. The molecule has 11 heteroatoms. The average Bonchev–Trinajstić information content (AvgIpc) is 3.23. The van der Waals surface area contributed by atoms with Crippen LogP contribution in [0.1, 0.15) is 6.42 Å². The van der Waals surface area contributed by atoms with Gasteiger partial charge in [-0.3, -0.25) is 0 Å². The van der Waals surface area contributed by atoms with E-state index in [1.807, 2.05) is 0 Å². The lowest BCUT2D eigenvalue weighted by Gasteiger charge is -2.28. The summed E-state index contributed by atoms with van der Waals surface area (Å²) < 4.78 is 40.1. The number of nitrogens with two attached hydrogens (primary N) is 1. The summed E-state index contributed by atoms with van der Waals surface area (Å²) in [6.07, 6.45) is -0.893. The zero-order valence-corrected chi connectivity index (χ0v) is 14.5. The molecule has 8 nitrogen and oxygen atoms in total. The van der Waals surface area contributed by atoms with E-state index in [1.165, 1.54) is 17.3 Å². The first-order valence-corrected chi connectivity index (χ1v) is 8.45. The molecule has 5 N–H and O–H groups in total. The summed E-state index contributed by atoms with van der Waals surface area (Å²) in [4.78, 5) is 16.5. The number of fused-ring (bicyclic) bond motifs is 1. The molecular formula is C17H17F3N6O2. The van der Waals surface area contributed by atoms with E-state index in [1.54, 1.807) is 18.3 Å². The van der Waals surface area contributed by atoms with Crippen molar-refractivity contribution >= 4 is 22.7 Å². The van der Waals surface area contributed by atoms with Crippen molar-refractivity contribution in [1.82, 2.24) is 19.9 Å².